The van der Waals surface area contributed by atoms with Crippen molar-refractivity contribution in [3.8, 4) is 0 Å². The topological polar surface area (TPSA) is 81.1 Å². The fourth-order valence-electron chi connectivity index (χ4n) is 3.46. The lowest BCUT2D eigenvalue weighted by Gasteiger charge is -2.15. The van der Waals surface area contributed by atoms with E-state index >= 15 is 0 Å². The molecule has 2 heterocycles. The Morgan fingerprint density at radius 3 is 2.69 bits per heavy atom. The van der Waals surface area contributed by atoms with Crippen LogP contribution in [0.15, 0.2) is 59.8 Å². The van der Waals surface area contributed by atoms with Crippen LogP contribution in [0.4, 0.5) is 10.1 Å². The summed E-state index contributed by atoms with van der Waals surface area (Å²) in [6, 6.07) is 16.0. The molecule has 1 atom stereocenters. The predicted molar refractivity (Wildman–Crippen MR) is 122 cm³/mol. The highest BCUT2D eigenvalue weighted by molar-refractivity contribution is 7.99. The zero-order valence-electron chi connectivity index (χ0n) is 17.7. The zero-order valence-corrected chi connectivity index (χ0v) is 18.5. The zero-order chi connectivity index (χ0) is 22.2. The second kappa shape index (κ2) is 11.1. The minimum atomic E-state index is -0.277. The highest BCUT2D eigenvalue weighted by Crippen LogP contribution is 2.22. The number of halogens is 1. The lowest BCUT2D eigenvalue weighted by molar-refractivity contribution is -0.118. The van der Waals surface area contributed by atoms with E-state index in [1.165, 1.54) is 23.9 Å². The van der Waals surface area contributed by atoms with Crippen LogP contribution in [0.1, 0.15) is 24.2 Å². The number of rotatable bonds is 10. The highest BCUT2D eigenvalue weighted by atomic mass is 32.2. The first-order chi connectivity index (χ1) is 15.7. The van der Waals surface area contributed by atoms with Gasteiger partial charge in [-0.1, -0.05) is 42.1 Å². The molecule has 0 unspecified atom stereocenters. The molecule has 2 aromatic carbocycles. The van der Waals surface area contributed by atoms with Crippen LogP contribution in [-0.2, 0) is 29.2 Å². The van der Waals surface area contributed by atoms with E-state index in [2.05, 4.69) is 20.8 Å². The van der Waals surface area contributed by atoms with Gasteiger partial charge in [-0.3, -0.25) is 4.79 Å². The van der Waals surface area contributed by atoms with Gasteiger partial charge >= 0.3 is 0 Å². The number of ether oxygens (including phenoxy) is 1. The van der Waals surface area contributed by atoms with E-state index in [-0.39, 0.29) is 23.6 Å². The van der Waals surface area contributed by atoms with Gasteiger partial charge in [0, 0.05) is 18.8 Å². The summed E-state index contributed by atoms with van der Waals surface area (Å²) >= 11 is 1.36. The number of amides is 1. The van der Waals surface area contributed by atoms with Gasteiger partial charge < -0.3 is 19.9 Å². The Morgan fingerprint density at radius 2 is 1.94 bits per heavy atom. The molecule has 0 aliphatic carbocycles. The summed E-state index contributed by atoms with van der Waals surface area (Å²) in [5.41, 5.74) is 1.86. The van der Waals surface area contributed by atoms with Gasteiger partial charge in [-0.2, -0.15) is 0 Å². The van der Waals surface area contributed by atoms with Crippen molar-refractivity contribution in [1.82, 2.24) is 20.1 Å². The molecule has 9 heteroatoms. The SMILES string of the molecule is O=C(CSc1nnc(CNc2ccc(F)cc2)n1C[C@H]1CCCO1)NCc1ccccc1. The average molecular weight is 456 g/mol. The Bertz CT molecular complexity index is 1010. The van der Waals surface area contributed by atoms with Crippen LogP contribution >= 0.6 is 11.8 Å². The van der Waals surface area contributed by atoms with E-state index in [0.29, 0.717) is 24.8 Å². The smallest absolute Gasteiger partial charge is 0.230 e. The lowest BCUT2D eigenvalue weighted by Crippen LogP contribution is -2.25. The van der Waals surface area contributed by atoms with Gasteiger partial charge in [-0.25, -0.2) is 4.39 Å². The van der Waals surface area contributed by atoms with E-state index in [9.17, 15) is 9.18 Å². The molecule has 3 aromatic rings. The number of hydrogen-bond donors (Lipinski definition) is 2. The molecule has 7 nitrogen and oxygen atoms in total. The summed E-state index contributed by atoms with van der Waals surface area (Å²) in [7, 11) is 0. The monoisotopic (exact) mass is 455 g/mol. The standard InChI is InChI=1S/C23H26FN5O2S/c24-18-8-10-19(11-9-18)25-14-21-27-28-23(29(21)15-20-7-4-12-31-20)32-16-22(30)26-13-17-5-2-1-3-6-17/h1-3,5-6,8-11,20,25H,4,7,12-16H2,(H,26,30)/t20-/m1/s1. The van der Waals surface area contributed by atoms with E-state index in [1.807, 2.05) is 34.9 Å². The van der Waals surface area contributed by atoms with Crippen LogP contribution in [0.2, 0.25) is 0 Å². The molecule has 0 spiro atoms. The van der Waals surface area contributed by atoms with E-state index in [1.54, 1.807) is 12.1 Å². The first-order valence-electron chi connectivity index (χ1n) is 10.6. The maximum atomic E-state index is 13.1. The minimum absolute atomic E-state index is 0.0588. The van der Waals surface area contributed by atoms with Gasteiger partial charge in [0.15, 0.2) is 11.0 Å². The Labute approximate surface area is 190 Å². The van der Waals surface area contributed by atoms with Gasteiger partial charge in [0.1, 0.15) is 5.82 Å². The number of aromatic nitrogens is 3. The number of hydrogen-bond acceptors (Lipinski definition) is 6. The fourth-order valence-corrected chi connectivity index (χ4v) is 4.25. The van der Waals surface area contributed by atoms with Gasteiger partial charge in [0.25, 0.3) is 0 Å². The van der Waals surface area contributed by atoms with Crippen molar-refractivity contribution in [2.75, 3.05) is 17.7 Å². The molecule has 168 valence electrons. The summed E-state index contributed by atoms with van der Waals surface area (Å²) in [4.78, 5) is 12.3. The molecule has 0 saturated carbocycles. The van der Waals surface area contributed by atoms with Crippen LogP contribution < -0.4 is 10.6 Å². The van der Waals surface area contributed by atoms with Crippen LogP contribution in [0.3, 0.4) is 0 Å². The quantitative estimate of drug-likeness (QED) is 0.455. The average Bonchev–Trinajstić information content (AvgIpc) is 3.47. The van der Waals surface area contributed by atoms with Gasteiger partial charge in [0.05, 0.1) is 24.9 Å². The van der Waals surface area contributed by atoms with Crippen molar-refractivity contribution in [1.29, 1.82) is 0 Å². The molecule has 0 bridgehead atoms. The van der Waals surface area contributed by atoms with Crippen molar-refractivity contribution >= 4 is 23.4 Å². The third-order valence-corrected chi connectivity index (χ3v) is 6.13. The summed E-state index contributed by atoms with van der Waals surface area (Å²) in [6.45, 7) is 2.34. The molecule has 2 N–H and O–H groups in total. The Hall–Kier alpha value is -2.91. The molecule has 32 heavy (non-hydrogen) atoms. The van der Waals surface area contributed by atoms with E-state index in [0.717, 1.165) is 36.5 Å². The Balaban J connectivity index is 1.37. The van der Waals surface area contributed by atoms with Gasteiger partial charge in [-0.15, -0.1) is 10.2 Å². The second-order valence-electron chi connectivity index (χ2n) is 7.56. The van der Waals surface area contributed by atoms with Crippen LogP contribution in [0, 0.1) is 5.82 Å². The fraction of sp³-hybridized carbons (Fsp3) is 0.348. The summed E-state index contributed by atoms with van der Waals surface area (Å²) in [5, 5.41) is 15.5. The third kappa shape index (κ3) is 6.30. The maximum Gasteiger partial charge on any atom is 0.230 e. The van der Waals surface area contributed by atoms with E-state index < -0.39 is 0 Å². The molecular weight excluding hydrogens is 429 g/mol. The third-order valence-electron chi connectivity index (χ3n) is 5.16. The molecule has 4 rings (SSSR count). The number of thioether (sulfide) groups is 1. The van der Waals surface area contributed by atoms with Gasteiger partial charge in [0.2, 0.25) is 5.91 Å². The van der Waals surface area contributed by atoms with Crippen LogP contribution in [0.25, 0.3) is 0 Å². The minimum Gasteiger partial charge on any atom is -0.378 e. The van der Waals surface area contributed by atoms with Gasteiger partial charge in [-0.05, 0) is 42.7 Å². The number of nitrogens with one attached hydrogen (secondary N) is 2. The maximum absolute atomic E-state index is 13.1. The Morgan fingerprint density at radius 1 is 1.12 bits per heavy atom. The molecule has 1 aliphatic rings. The molecule has 1 saturated heterocycles. The number of carbonyl (C=O) groups excluding carboxylic acids is 1. The molecule has 0 radical (unpaired) electrons. The normalized spacial score (nSPS) is 15.6. The summed E-state index contributed by atoms with van der Waals surface area (Å²) in [5.74, 6) is 0.664. The van der Waals surface area contributed by atoms with Crippen molar-refractivity contribution in [3.63, 3.8) is 0 Å². The first kappa shape index (κ1) is 22.3. The Kier molecular flexibility index (Phi) is 7.73. The van der Waals surface area contributed by atoms with Crippen molar-refractivity contribution in [2.24, 2.45) is 0 Å². The van der Waals surface area contributed by atoms with E-state index in [4.69, 9.17) is 4.74 Å². The van der Waals surface area contributed by atoms with Crippen LogP contribution in [-0.4, -0.2) is 39.1 Å². The summed E-state index contributed by atoms with van der Waals surface area (Å²) in [6.07, 6.45) is 2.15. The molecule has 1 aromatic heterocycles. The number of nitrogens with zero attached hydrogens (tertiary/aromatic N) is 3. The molecule has 1 amide bonds. The first-order valence-corrected chi connectivity index (χ1v) is 11.6. The molecule has 1 aliphatic heterocycles. The number of anilines is 1. The van der Waals surface area contributed by atoms with Crippen LogP contribution in [0.5, 0.6) is 0 Å². The predicted octanol–water partition coefficient (Wildman–Crippen LogP) is 3.62. The highest BCUT2D eigenvalue weighted by Gasteiger charge is 2.21. The number of carbonyl (C=O) groups is 1. The molecule has 1 fully saturated rings. The second-order valence-corrected chi connectivity index (χ2v) is 8.50. The van der Waals surface area contributed by atoms with Crippen molar-refractivity contribution in [3.05, 3.63) is 71.8 Å². The lowest BCUT2D eigenvalue weighted by atomic mass is 10.2. The number of benzene rings is 2. The van der Waals surface area contributed by atoms with Crippen molar-refractivity contribution < 1.29 is 13.9 Å². The molecular formula is C23H26FN5O2S. The summed E-state index contributed by atoms with van der Waals surface area (Å²) < 4.78 is 21.0. The largest absolute Gasteiger partial charge is 0.378 e. The van der Waals surface area contributed by atoms with Crippen molar-refractivity contribution in [2.45, 2.75) is 43.7 Å².